The lowest BCUT2D eigenvalue weighted by molar-refractivity contribution is 0.450. The molecule has 2 heterocycles. The molecule has 0 saturated heterocycles. The highest BCUT2D eigenvalue weighted by Gasteiger charge is 2.02. The number of aryl methyl sites for hydroxylation is 1. The van der Waals surface area contributed by atoms with Crippen LogP contribution in [0.3, 0.4) is 0 Å². The van der Waals surface area contributed by atoms with Crippen LogP contribution in [0.4, 0.5) is 0 Å². The van der Waals surface area contributed by atoms with E-state index in [1.54, 1.807) is 6.20 Å². The molecule has 0 aliphatic rings. The molecule has 0 aliphatic heterocycles. The zero-order valence-corrected chi connectivity index (χ0v) is 10.3. The lowest BCUT2D eigenvalue weighted by Gasteiger charge is -2.13. The Morgan fingerprint density at radius 1 is 1.41 bits per heavy atom. The molecule has 0 aromatic carbocycles. The number of rotatable bonds is 5. The van der Waals surface area contributed by atoms with E-state index in [1.165, 1.54) is 5.56 Å². The molecule has 0 aliphatic carbocycles. The second-order valence-electron chi connectivity index (χ2n) is 4.32. The molecule has 0 bridgehead atoms. The van der Waals surface area contributed by atoms with Crippen molar-refractivity contribution in [3.63, 3.8) is 0 Å². The van der Waals surface area contributed by atoms with Crippen LogP contribution in [0.2, 0.25) is 0 Å². The third-order valence-corrected chi connectivity index (χ3v) is 2.65. The zero-order valence-electron chi connectivity index (χ0n) is 10.3. The lowest BCUT2D eigenvalue weighted by atomic mass is 10.2. The second kappa shape index (κ2) is 5.59. The van der Waals surface area contributed by atoms with Gasteiger partial charge in [0.05, 0.1) is 6.54 Å². The van der Waals surface area contributed by atoms with Gasteiger partial charge in [-0.15, -0.1) is 0 Å². The van der Waals surface area contributed by atoms with E-state index in [2.05, 4.69) is 28.4 Å². The fraction of sp³-hybridized carbons (Fsp3) is 0.385. The second-order valence-corrected chi connectivity index (χ2v) is 4.32. The molecule has 0 radical (unpaired) electrons. The average molecular weight is 230 g/mol. The number of nitrogens with one attached hydrogen (secondary N) is 1. The van der Waals surface area contributed by atoms with E-state index >= 15 is 0 Å². The molecule has 0 amide bonds. The van der Waals surface area contributed by atoms with Crippen molar-refractivity contribution in [3.8, 4) is 0 Å². The molecule has 2 aromatic heterocycles. The lowest BCUT2D eigenvalue weighted by Crippen LogP contribution is -2.30. The minimum absolute atomic E-state index is 0.385. The van der Waals surface area contributed by atoms with Crippen molar-refractivity contribution in [2.24, 2.45) is 0 Å². The highest BCUT2D eigenvalue weighted by Crippen LogP contribution is 2.00. The highest BCUT2D eigenvalue weighted by molar-refractivity contribution is 5.12. The maximum Gasteiger partial charge on any atom is 0.0560 e. The first kappa shape index (κ1) is 11.8. The van der Waals surface area contributed by atoms with Crippen molar-refractivity contribution in [3.05, 3.63) is 48.0 Å². The molecule has 90 valence electrons. The van der Waals surface area contributed by atoms with Crippen LogP contribution in [0.5, 0.6) is 0 Å². The smallest absolute Gasteiger partial charge is 0.0560 e. The van der Waals surface area contributed by atoms with Crippen molar-refractivity contribution in [2.75, 3.05) is 0 Å². The van der Waals surface area contributed by atoms with Crippen LogP contribution in [0, 0.1) is 6.92 Å². The van der Waals surface area contributed by atoms with Crippen LogP contribution in [0.1, 0.15) is 18.2 Å². The van der Waals surface area contributed by atoms with Gasteiger partial charge < -0.3 is 5.32 Å². The Kier molecular flexibility index (Phi) is 3.88. The summed E-state index contributed by atoms with van der Waals surface area (Å²) in [7, 11) is 0. The van der Waals surface area contributed by atoms with E-state index in [0.29, 0.717) is 6.04 Å². The normalized spacial score (nSPS) is 12.6. The van der Waals surface area contributed by atoms with Gasteiger partial charge in [-0.2, -0.15) is 5.10 Å². The summed E-state index contributed by atoms with van der Waals surface area (Å²) < 4.78 is 1.94. The minimum Gasteiger partial charge on any atom is -0.308 e. The number of hydrogen-bond donors (Lipinski definition) is 1. The van der Waals surface area contributed by atoms with Crippen LogP contribution in [-0.4, -0.2) is 20.8 Å². The Labute approximate surface area is 102 Å². The molecule has 1 atom stereocenters. The first-order valence-corrected chi connectivity index (χ1v) is 5.86. The maximum atomic E-state index is 4.28. The average Bonchev–Trinajstić information content (AvgIpc) is 2.81. The van der Waals surface area contributed by atoms with Crippen LogP contribution in [0.25, 0.3) is 0 Å². The predicted molar refractivity (Wildman–Crippen MR) is 67.5 cm³/mol. The van der Waals surface area contributed by atoms with Gasteiger partial charge in [0.1, 0.15) is 0 Å². The quantitative estimate of drug-likeness (QED) is 0.851. The number of hydrogen-bond acceptors (Lipinski definition) is 3. The van der Waals surface area contributed by atoms with Crippen LogP contribution < -0.4 is 5.32 Å². The molecule has 1 unspecified atom stereocenters. The van der Waals surface area contributed by atoms with Crippen molar-refractivity contribution in [1.82, 2.24) is 20.1 Å². The van der Waals surface area contributed by atoms with Gasteiger partial charge in [0.25, 0.3) is 0 Å². The molecule has 2 rings (SSSR count). The van der Waals surface area contributed by atoms with Gasteiger partial charge in [-0.1, -0.05) is 6.07 Å². The Hall–Kier alpha value is -1.68. The predicted octanol–water partition coefficient (Wildman–Crippen LogP) is 1.76. The molecular formula is C13H18N4. The van der Waals surface area contributed by atoms with Crippen molar-refractivity contribution in [1.29, 1.82) is 0 Å². The Morgan fingerprint density at radius 2 is 2.29 bits per heavy atom. The molecule has 0 saturated carbocycles. The molecule has 2 aromatic rings. The van der Waals surface area contributed by atoms with Crippen LogP contribution >= 0.6 is 0 Å². The van der Waals surface area contributed by atoms with E-state index in [9.17, 15) is 0 Å². The highest BCUT2D eigenvalue weighted by atomic mass is 15.3. The van der Waals surface area contributed by atoms with E-state index < -0.39 is 0 Å². The van der Waals surface area contributed by atoms with Gasteiger partial charge >= 0.3 is 0 Å². The first-order valence-electron chi connectivity index (χ1n) is 5.86. The summed E-state index contributed by atoms with van der Waals surface area (Å²) in [5.41, 5.74) is 2.27. The fourth-order valence-electron chi connectivity index (χ4n) is 1.65. The van der Waals surface area contributed by atoms with Gasteiger partial charge in [0, 0.05) is 36.9 Å². The summed E-state index contributed by atoms with van der Waals surface area (Å²) in [5.74, 6) is 0. The summed E-state index contributed by atoms with van der Waals surface area (Å²) in [6, 6.07) is 6.47. The summed E-state index contributed by atoms with van der Waals surface area (Å²) >= 11 is 0. The molecule has 17 heavy (non-hydrogen) atoms. The maximum absolute atomic E-state index is 4.28. The number of aromatic nitrogens is 3. The monoisotopic (exact) mass is 230 g/mol. The molecule has 0 fully saturated rings. The molecular weight excluding hydrogens is 212 g/mol. The Morgan fingerprint density at radius 3 is 2.94 bits per heavy atom. The minimum atomic E-state index is 0.385. The summed E-state index contributed by atoms with van der Waals surface area (Å²) in [5, 5.41) is 7.64. The van der Waals surface area contributed by atoms with E-state index in [4.69, 9.17) is 0 Å². The van der Waals surface area contributed by atoms with Gasteiger partial charge in [-0.3, -0.25) is 9.67 Å². The zero-order chi connectivity index (χ0) is 12.1. The SMILES string of the molecule is Cc1ccc(CNC(C)Cn2cccn2)cn1. The Balaban J connectivity index is 1.79. The van der Waals surface area contributed by atoms with Crippen molar-refractivity contribution >= 4 is 0 Å². The summed E-state index contributed by atoms with van der Waals surface area (Å²) in [6.45, 7) is 5.88. The summed E-state index contributed by atoms with van der Waals surface area (Å²) in [6.07, 6.45) is 5.70. The summed E-state index contributed by atoms with van der Waals surface area (Å²) in [4.78, 5) is 4.28. The van der Waals surface area contributed by atoms with Gasteiger partial charge in [-0.05, 0) is 31.5 Å². The van der Waals surface area contributed by atoms with E-state index in [-0.39, 0.29) is 0 Å². The third-order valence-electron chi connectivity index (χ3n) is 2.65. The number of nitrogens with zero attached hydrogens (tertiary/aromatic N) is 3. The van der Waals surface area contributed by atoms with Gasteiger partial charge in [0.2, 0.25) is 0 Å². The van der Waals surface area contributed by atoms with E-state index in [0.717, 1.165) is 18.8 Å². The molecule has 4 nitrogen and oxygen atoms in total. The number of pyridine rings is 1. The molecule has 0 spiro atoms. The molecule has 4 heteroatoms. The fourth-order valence-corrected chi connectivity index (χ4v) is 1.65. The van der Waals surface area contributed by atoms with Gasteiger partial charge in [0.15, 0.2) is 0 Å². The largest absolute Gasteiger partial charge is 0.308 e. The van der Waals surface area contributed by atoms with Gasteiger partial charge in [-0.25, -0.2) is 0 Å². The van der Waals surface area contributed by atoms with E-state index in [1.807, 2.05) is 36.1 Å². The van der Waals surface area contributed by atoms with Crippen LogP contribution in [-0.2, 0) is 13.1 Å². The first-order chi connectivity index (χ1) is 8.24. The standard InChI is InChI=1S/C13H18N4/c1-11-4-5-13(8-14-11)9-15-12(2)10-17-7-3-6-16-17/h3-8,12,15H,9-10H2,1-2H3. The van der Waals surface area contributed by atoms with Crippen LogP contribution in [0.15, 0.2) is 36.8 Å². The van der Waals surface area contributed by atoms with Crippen molar-refractivity contribution in [2.45, 2.75) is 33.0 Å². The Bertz CT molecular complexity index is 433. The third kappa shape index (κ3) is 3.67. The van der Waals surface area contributed by atoms with Crippen molar-refractivity contribution < 1.29 is 0 Å². The molecule has 1 N–H and O–H groups in total. The topological polar surface area (TPSA) is 42.7 Å².